The van der Waals surface area contributed by atoms with E-state index in [1.807, 2.05) is 12.1 Å². The van der Waals surface area contributed by atoms with E-state index in [1.54, 1.807) is 7.11 Å². The summed E-state index contributed by atoms with van der Waals surface area (Å²) in [6.45, 7) is 3.26. The van der Waals surface area contributed by atoms with E-state index in [-0.39, 0.29) is 0 Å². The second-order valence-corrected chi connectivity index (χ2v) is 6.38. The molecule has 1 aliphatic carbocycles. The molecule has 3 rings (SSSR count). The maximum Gasteiger partial charge on any atom is 0.215 e. The summed E-state index contributed by atoms with van der Waals surface area (Å²) in [6.07, 6.45) is 5.91. The lowest BCUT2D eigenvalue weighted by atomic mass is 10.0. The Kier molecular flexibility index (Phi) is 4.07. The Balaban J connectivity index is 2.02. The van der Waals surface area contributed by atoms with Crippen molar-refractivity contribution >= 4 is 22.8 Å². The quantitative estimate of drug-likeness (QED) is 0.730. The highest BCUT2D eigenvalue weighted by Crippen LogP contribution is 2.51. The number of nitrogens with zero attached hydrogens (tertiary/aromatic N) is 3. The smallest absolute Gasteiger partial charge is 0.215 e. The van der Waals surface area contributed by atoms with Crippen molar-refractivity contribution in [1.29, 1.82) is 0 Å². The lowest BCUT2D eigenvalue weighted by Crippen LogP contribution is -2.15. The standard InChI is InChI=1S/C16H22ClN3O/c1-3-7-16(8-9-16)11-20-13(6-10-17)18-12-4-5-14(21-2)19-15(12)20/h4-5H,3,6-11H2,1-2H3. The molecule has 0 aromatic carbocycles. The van der Waals surface area contributed by atoms with Gasteiger partial charge in [-0.3, -0.25) is 0 Å². The SMILES string of the molecule is CCCC1(Cn2c(CCCl)nc3ccc(OC)nc32)CC1. The molecule has 21 heavy (non-hydrogen) atoms. The van der Waals surface area contributed by atoms with Crippen molar-refractivity contribution in [2.75, 3.05) is 13.0 Å². The van der Waals surface area contributed by atoms with Gasteiger partial charge in [-0.2, -0.15) is 4.98 Å². The van der Waals surface area contributed by atoms with Crippen LogP contribution in [0.3, 0.4) is 0 Å². The molecule has 2 heterocycles. The molecule has 4 nitrogen and oxygen atoms in total. The summed E-state index contributed by atoms with van der Waals surface area (Å²) in [7, 11) is 1.65. The molecule has 114 valence electrons. The summed E-state index contributed by atoms with van der Waals surface area (Å²) < 4.78 is 7.53. The molecule has 1 saturated carbocycles. The number of alkyl halides is 1. The van der Waals surface area contributed by atoms with E-state index >= 15 is 0 Å². The topological polar surface area (TPSA) is 39.9 Å². The minimum absolute atomic E-state index is 0.453. The van der Waals surface area contributed by atoms with Crippen LogP contribution >= 0.6 is 11.6 Å². The Morgan fingerprint density at radius 1 is 1.33 bits per heavy atom. The van der Waals surface area contributed by atoms with E-state index in [0.717, 1.165) is 30.0 Å². The van der Waals surface area contributed by atoms with Gasteiger partial charge in [-0.25, -0.2) is 4.98 Å². The van der Waals surface area contributed by atoms with E-state index in [9.17, 15) is 0 Å². The average molecular weight is 308 g/mol. The summed E-state index contributed by atoms with van der Waals surface area (Å²) in [5, 5.41) is 0. The third kappa shape index (κ3) is 2.86. The third-order valence-corrected chi connectivity index (χ3v) is 4.59. The van der Waals surface area contributed by atoms with Gasteiger partial charge in [0.2, 0.25) is 5.88 Å². The zero-order valence-electron chi connectivity index (χ0n) is 12.7. The number of imidazole rings is 1. The van der Waals surface area contributed by atoms with Crippen LogP contribution in [0.1, 0.15) is 38.4 Å². The third-order valence-electron chi connectivity index (χ3n) is 4.40. The Morgan fingerprint density at radius 2 is 2.14 bits per heavy atom. The van der Waals surface area contributed by atoms with E-state index in [1.165, 1.54) is 25.7 Å². The highest BCUT2D eigenvalue weighted by atomic mass is 35.5. The van der Waals surface area contributed by atoms with Crippen LogP contribution in [0.2, 0.25) is 0 Å². The molecular formula is C16H22ClN3O. The fourth-order valence-corrected chi connectivity index (χ4v) is 3.29. The van der Waals surface area contributed by atoms with E-state index < -0.39 is 0 Å². The number of hydrogen-bond donors (Lipinski definition) is 0. The van der Waals surface area contributed by atoms with Crippen molar-refractivity contribution in [2.45, 2.75) is 45.6 Å². The van der Waals surface area contributed by atoms with Crippen molar-refractivity contribution in [2.24, 2.45) is 5.41 Å². The monoisotopic (exact) mass is 307 g/mol. The first kappa shape index (κ1) is 14.6. The number of halogens is 1. The van der Waals surface area contributed by atoms with Crippen molar-refractivity contribution < 1.29 is 4.74 Å². The Bertz CT molecular complexity index is 634. The molecule has 0 unspecified atom stereocenters. The summed E-state index contributed by atoms with van der Waals surface area (Å²) in [5.41, 5.74) is 2.31. The van der Waals surface area contributed by atoms with Gasteiger partial charge in [0, 0.05) is 24.9 Å². The van der Waals surface area contributed by atoms with Crippen molar-refractivity contribution in [3.63, 3.8) is 0 Å². The van der Waals surface area contributed by atoms with Gasteiger partial charge in [0.1, 0.15) is 11.3 Å². The molecule has 1 fully saturated rings. The number of aromatic nitrogens is 3. The normalized spacial score (nSPS) is 16.3. The lowest BCUT2D eigenvalue weighted by molar-refractivity contribution is 0.382. The largest absolute Gasteiger partial charge is 0.481 e. The molecule has 2 aromatic rings. The predicted molar refractivity (Wildman–Crippen MR) is 85.1 cm³/mol. The van der Waals surface area contributed by atoms with Crippen molar-refractivity contribution in [1.82, 2.24) is 14.5 Å². The summed E-state index contributed by atoms with van der Waals surface area (Å²) in [6, 6.07) is 3.85. The zero-order chi connectivity index (χ0) is 14.9. The van der Waals surface area contributed by atoms with Gasteiger partial charge in [-0.1, -0.05) is 13.3 Å². The van der Waals surface area contributed by atoms with Gasteiger partial charge >= 0.3 is 0 Å². The Morgan fingerprint density at radius 3 is 2.76 bits per heavy atom. The number of methoxy groups -OCH3 is 1. The molecule has 0 radical (unpaired) electrons. The second-order valence-electron chi connectivity index (χ2n) is 6.00. The van der Waals surface area contributed by atoms with Crippen LogP contribution in [-0.4, -0.2) is 27.5 Å². The molecule has 0 bridgehead atoms. The van der Waals surface area contributed by atoms with Gasteiger partial charge in [0.15, 0.2) is 5.65 Å². The summed E-state index contributed by atoms with van der Waals surface area (Å²) in [5.74, 6) is 2.27. The summed E-state index contributed by atoms with van der Waals surface area (Å²) >= 11 is 5.94. The first-order valence-electron chi connectivity index (χ1n) is 7.67. The molecule has 0 N–H and O–H groups in total. The molecule has 0 saturated heterocycles. The fourth-order valence-electron chi connectivity index (χ4n) is 3.12. The number of pyridine rings is 1. The van der Waals surface area contributed by atoms with E-state index in [0.29, 0.717) is 17.2 Å². The second kappa shape index (κ2) is 5.84. The summed E-state index contributed by atoms with van der Waals surface area (Å²) in [4.78, 5) is 9.31. The van der Waals surface area contributed by atoms with Gasteiger partial charge in [0.25, 0.3) is 0 Å². The minimum Gasteiger partial charge on any atom is -0.481 e. The zero-order valence-corrected chi connectivity index (χ0v) is 13.5. The highest BCUT2D eigenvalue weighted by Gasteiger charge is 2.42. The number of rotatable bonds is 7. The van der Waals surface area contributed by atoms with Crippen molar-refractivity contribution in [3.05, 3.63) is 18.0 Å². The molecule has 0 atom stereocenters. The molecule has 2 aromatic heterocycles. The van der Waals surface area contributed by atoms with Crippen LogP contribution < -0.4 is 4.74 Å². The van der Waals surface area contributed by atoms with Gasteiger partial charge < -0.3 is 9.30 Å². The van der Waals surface area contributed by atoms with Gasteiger partial charge in [0.05, 0.1) is 7.11 Å². The average Bonchev–Trinajstić information content (AvgIpc) is 3.17. The molecule has 0 amide bonds. The first-order chi connectivity index (χ1) is 10.2. The van der Waals surface area contributed by atoms with Crippen LogP contribution in [0.25, 0.3) is 11.2 Å². The Hall–Kier alpha value is -1.29. The number of hydrogen-bond acceptors (Lipinski definition) is 3. The fraction of sp³-hybridized carbons (Fsp3) is 0.625. The van der Waals surface area contributed by atoms with E-state index in [4.69, 9.17) is 21.3 Å². The molecule has 0 spiro atoms. The predicted octanol–water partition coefficient (Wildman–Crippen LogP) is 3.80. The molecule has 0 aliphatic heterocycles. The molecular weight excluding hydrogens is 286 g/mol. The first-order valence-corrected chi connectivity index (χ1v) is 8.21. The van der Waals surface area contributed by atoms with Crippen LogP contribution in [0.5, 0.6) is 5.88 Å². The van der Waals surface area contributed by atoms with Crippen LogP contribution in [0.15, 0.2) is 12.1 Å². The maximum absolute atomic E-state index is 5.94. The highest BCUT2D eigenvalue weighted by molar-refractivity contribution is 6.17. The van der Waals surface area contributed by atoms with Crippen LogP contribution in [0.4, 0.5) is 0 Å². The molecule has 5 heteroatoms. The van der Waals surface area contributed by atoms with Crippen LogP contribution in [0, 0.1) is 5.41 Å². The van der Waals surface area contributed by atoms with Crippen molar-refractivity contribution in [3.8, 4) is 5.88 Å². The lowest BCUT2D eigenvalue weighted by Gasteiger charge is -2.17. The number of fused-ring (bicyclic) bond motifs is 1. The number of aryl methyl sites for hydroxylation is 1. The van der Waals surface area contributed by atoms with Crippen LogP contribution in [-0.2, 0) is 13.0 Å². The minimum atomic E-state index is 0.453. The maximum atomic E-state index is 5.94. The van der Waals surface area contributed by atoms with E-state index in [2.05, 4.69) is 16.5 Å². The number of ether oxygens (including phenoxy) is 1. The van der Waals surface area contributed by atoms with Gasteiger partial charge in [-0.15, -0.1) is 11.6 Å². The Labute approximate surface area is 130 Å². The van der Waals surface area contributed by atoms with Gasteiger partial charge in [-0.05, 0) is 30.7 Å². The molecule has 1 aliphatic rings.